The fourth-order valence-corrected chi connectivity index (χ4v) is 3.29. The monoisotopic (exact) mass is 457 g/mol. The Morgan fingerprint density at radius 1 is 0.676 bits per heavy atom. The first-order valence-electron chi connectivity index (χ1n) is 10.4. The third-order valence-corrected chi connectivity index (χ3v) is 4.90. The molecule has 9 nitrogen and oxygen atoms in total. The largest absolute Gasteiger partial charge is 0.454 e. The normalized spacial score (nSPS) is 13.4. The first-order valence-corrected chi connectivity index (χ1v) is 10.4. The summed E-state index contributed by atoms with van der Waals surface area (Å²) in [5.41, 5.74) is 1.59. The first kappa shape index (κ1) is 21.1. The van der Waals surface area contributed by atoms with E-state index in [0.717, 1.165) is 11.1 Å². The highest BCUT2D eigenvalue weighted by atomic mass is 16.7. The Kier molecular flexibility index (Phi) is 5.81. The molecule has 2 amide bonds. The molecule has 0 bridgehead atoms. The van der Waals surface area contributed by atoms with Gasteiger partial charge in [-0.25, -0.2) is 4.98 Å². The quantitative estimate of drug-likeness (QED) is 0.542. The minimum absolute atomic E-state index is 0.190. The Bertz CT molecular complexity index is 1220. The summed E-state index contributed by atoms with van der Waals surface area (Å²) in [7, 11) is 0. The first-order chi connectivity index (χ1) is 16.6. The molecular formula is C25H19N3O6. The minimum Gasteiger partial charge on any atom is -0.454 e. The predicted octanol–water partition coefficient (Wildman–Crippen LogP) is 3.84. The van der Waals surface area contributed by atoms with E-state index in [0.29, 0.717) is 34.6 Å². The van der Waals surface area contributed by atoms with Crippen LogP contribution in [0.3, 0.4) is 0 Å². The number of fused-ring (bicyclic) bond motifs is 2. The van der Waals surface area contributed by atoms with Gasteiger partial charge < -0.3 is 29.6 Å². The highest BCUT2D eigenvalue weighted by Crippen LogP contribution is 2.33. The van der Waals surface area contributed by atoms with Gasteiger partial charge in [0.1, 0.15) is 11.6 Å². The zero-order chi connectivity index (χ0) is 23.3. The summed E-state index contributed by atoms with van der Waals surface area (Å²) >= 11 is 0. The van der Waals surface area contributed by atoms with Crippen LogP contribution in [0.15, 0.2) is 66.7 Å². The van der Waals surface area contributed by atoms with Crippen molar-refractivity contribution in [1.29, 1.82) is 0 Å². The molecular weight excluding hydrogens is 438 g/mol. The van der Waals surface area contributed by atoms with E-state index >= 15 is 0 Å². The summed E-state index contributed by atoms with van der Waals surface area (Å²) < 4.78 is 21.2. The van der Waals surface area contributed by atoms with E-state index in [2.05, 4.69) is 15.6 Å². The van der Waals surface area contributed by atoms with Crippen LogP contribution in [0.1, 0.15) is 11.1 Å². The Morgan fingerprint density at radius 2 is 1.15 bits per heavy atom. The maximum Gasteiger partial charge on any atom is 0.249 e. The van der Waals surface area contributed by atoms with E-state index in [1.807, 2.05) is 12.1 Å². The predicted molar refractivity (Wildman–Crippen MR) is 125 cm³/mol. The van der Waals surface area contributed by atoms with Crippen LogP contribution in [0, 0.1) is 0 Å². The van der Waals surface area contributed by atoms with Crippen LogP contribution in [-0.4, -0.2) is 30.4 Å². The van der Waals surface area contributed by atoms with Crippen LogP contribution in [-0.2, 0) is 9.59 Å². The molecule has 2 aliphatic rings. The molecule has 1 aromatic heterocycles. The van der Waals surface area contributed by atoms with Crippen molar-refractivity contribution in [2.45, 2.75) is 0 Å². The van der Waals surface area contributed by atoms with Crippen molar-refractivity contribution in [2.75, 3.05) is 24.2 Å². The lowest BCUT2D eigenvalue weighted by Gasteiger charge is -2.05. The van der Waals surface area contributed by atoms with Crippen LogP contribution < -0.4 is 29.6 Å². The Morgan fingerprint density at radius 3 is 1.65 bits per heavy atom. The number of nitrogens with zero attached hydrogens (tertiary/aromatic N) is 1. The number of benzene rings is 2. The van der Waals surface area contributed by atoms with E-state index in [1.54, 1.807) is 54.6 Å². The number of rotatable bonds is 6. The van der Waals surface area contributed by atoms with Crippen molar-refractivity contribution in [3.05, 3.63) is 77.9 Å². The number of pyridine rings is 1. The van der Waals surface area contributed by atoms with E-state index in [1.165, 1.54) is 12.2 Å². The lowest BCUT2D eigenvalue weighted by molar-refractivity contribution is -0.112. The average molecular weight is 457 g/mol. The number of hydrogen-bond acceptors (Lipinski definition) is 7. The highest BCUT2D eigenvalue weighted by molar-refractivity contribution is 6.03. The molecule has 170 valence electrons. The summed E-state index contributed by atoms with van der Waals surface area (Å²) in [5.74, 6) is 2.51. The number of hydrogen-bond donors (Lipinski definition) is 2. The summed E-state index contributed by atoms with van der Waals surface area (Å²) in [5, 5.41) is 5.34. The molecule has 0 atom stereocenters. The molecule has 2 aromatic carbocycles. The molecule has 5 rings (SSSR count). The molecule has 0 saturated heterocycles. The molecule has 0 aliphatic carbocycles. The lowest BCUT2D eigenvalue weighted by Crippen LogP contribution is -2.12. The molecule has 0 unspecified atom stereocenters. The van der Waals surface area contributed by atoms with Crippen molar-refractivity contribution in [3.63, 3.8) is 0 Å². The molecule has 2 N–H and O–H groups in total. The SMILES string of the molecule is O=C(/C=C/c1ccc2c(c1)OCO2)Nc1cccc(NC(=O)/C=C/c2ccc3c(c2)OCO3)n1. The fourth-order valence-electron chi connectivity index (χ4n) is 3.29. The maximum absolute atomic E-state index is 12.3. The van der Waals surface area contributed by atoms with Crippen LogP contribution in [0.4, 0.5) is 11.6 Å². The minimum atomic E-state index is -0.364. The van der Waals surface area contributed by atoms with Gasteiger partial charge in [-0.2, -0.15) is 0 Å². The van der Waals surface area contributed by atoms with Gasteiger partial charge in [0, 0.05) is 12.2 Å². The van der Waals surface area contributed by atoms with Crippen molar-refractivity contribution < 1.29 is 28.5 Å². The second kappa shape index (κ2) is 9.37. The topological polar surface area (TPSA) is 108 Å². The molecule has 0 spiro atoms. The fraction of sp³-hybridized carbons (Fsp3) is 0.0800. The van der Waals surface area contributed by atoms with Gasteiger partial charge in [-0.1, -0.05) is 18.2 Å². The van der Waals surface area contributed by atoms with Gasteiger partial charge in [0.05, 0.1) is 0 Å². The second-order valence-corrected chi connectivity index (χ2v) is 7.28. The summed E-state index contributed by atoms with van der Waals surface area (Å²) in [6.07, 6.45) is 6.09. The Labute approximate surface area is 194 Å². The Hall–Kier alpha value is -4.79. The molecule has 0 saturated carbocycles. The number of aromatic nitrogens is 1. The number of anilines is 2. The molecule has 0 fully saturated rings. The molecule has 3 aromatic rings. The zero-order valence-electron chi connectivity index (χ0n) is 17.8. The van der Waals surface area contributed by atoms with E-state index in [9.17, 15) is 9.59 Å². The van der Waals surface area contributed by atoms with E-state index < -0.39 is 0 Å². The Balaban J connectivity index is 1.17. The van der Waals surface area contributed by atoms with Crippen molar-refractivity contribution >= 4 is 35.6 Å². The number of ether oxygens (including phenoxy) is 4. The second-order valence-electron chi connectivity index (χ2n) is 7.28. The average Bonchev–Trinajstić information content (AvgIpc) is 3.50. The molecule has 9 heteroatoms. The number of amides is 2. The van der Waals surface area contributed by atoms with Crippen molar-refractivity contribution in [1.82, 2.24) is 4.98 Å². The van der Waals surface area contributed by atoms with E-state index in [-0.39, 0.29) is 25.4 Å². The molecule has 2 aliphatic heterocycles. The summed E-state index contributed by atoms with van der Waals surface area (Å²) in [6, 6.07) is 15.7. The molecule has 34 heavy (non-hydrogen) atoms. The number of carbonyl (C=O) groups excluding carboxylic acids is 2. The van der Waals surface area contributed by atoms with Gasteiger partial charge in [0.25, 0.3) is 0 Å². The number of carbonyl (C=O) groups is 2. The van der Waals surface area contributed by atoms with Crippen LogP contribution in [0.25, 0.3) is 12.2 Å². The van der Waals surface area contributed by atoms with Gasteiger partial charge in [0.15, 0.2) is 23.0 Å². The van der Waals surface area contributed by atoms with Gasteiger partial charge in [0.2, 0.25) is 25.4 Å². The van der Waals surface area contributed by atoms with Crippen LogP contribution in [0.5, 0.6) is 23.0 Å². The van der Waals surface area contributed by atoms with E-state index in [4.69, 9.17) is 18.9 Å². The molecule has 3 heterocycles. The van der Waals surface area contributed by atoms with Crippen molar-refractivity contribution in [2.24, 2.45) is 0 Å². The summed E-state index contributed by atoms with van der Waals surface area (Å²) in [4.78, 5) is 28.8. The lowest BCUT2D eigenvalue weighted by atomic mass is 10.2. The molecule has 0 radical (unpaired) electrons. The highest BCUT2D eigenvalue weighted by Gasteiger charge is 2.13. The van der Waals surface area contributed by atoms with Gasteiger partial charge in [-0.15, -0.1) is 0 Å². The summed E-state index contributed by atoms with van der Waals surface area (Å²) in [6.45, 7) is 0.380. The third kappa shape index (κ3) is 4.99. The van der Waals surface area contributed by atoms with Crippen molar-refractivity contribution in [3.8, 4) is 23.0 Å². The smallest absolute Gasteiger partial charge is 0.249 e. The van der Waals surface area contributed by atoms with Gasteiger partial charge in [-0.3, -0.25) is 9.59 Å². The maximum atomic E-state index is 12.3. The zero-order valence-corrected chi connectivity index (χ0v) is 17.8. The van der Waals surface area contributed by atoms with Gasteiger partial charge >= 0.3 is 0 Å². The van der Waals surface area contributed by atoms with Gasteiger partial charge in [-0.05, 0) is 59.7 Å². The van der Waals surface area contributed by atoms with Crippen LogP contribution in [0.2, 0.25) is 0 Å². The number of nitrogens with one attached hydrogen (secondary N) is 2. The standard InChI is InChI=1S/C25H19N3O6/c29-24(10-6-16-4-8-18-20(12-16)33-14-31-18)27-22-2-1-3-23(26-22)28-25(30)11-7-17-5-9-19-21(13-17)34-15-32-19/h1-13H,14-15H2,(H2,26,27,28,29,30)/b10-6+,11-7+. The van der Waals surface area contributed by atoms with Crippen LogP contribution >= 0.6 is 0 Å². The third-order valence-electron chi connectivity index (χ3n) is 4.90.